The Morgan fingerprint density at radius 2 is 2.14 bits per heavy atom. The number of benzene rings is 1. The van der Waals surface area contributed by atoms with E-state index in [0.29, 0.717) is 17.9 Å². The molecule has 0 saturated heterocycles. The summed E-state index contributed by atoms with van der Waals surface area (Å²) in [4.78, 5) is 16.7. The lowest BCUT2D eigenvalue weighted by molar-refractivity contribution is 0.0336. The molecule has 148 valence electrons. The molecule has 2 atom stereocenters. The summed E-state index contributed by atoms with van der Waals surface area (Å²) >= 11 is 6.00. The van der Waals surface area contributed by atoms with Gasteiger partial charge in [-0.3, -0.25) is 0 Å². The number of esters is 1. The Hall–Kier alpha value is -2.87. The average Bonchev–Trinajstić information content (AvgIpc) is 3.08. The molecule has 28 heavy (non-hydrogen) atoms. The van der Waals surface area contributed by atoms with E-state index in [2.05, 4.69) is 15.4 Å². The highest BCUT2D eigenvalue weighted by molar-refractivity contribution is 6.31. The zero-order valence-corrected chi connectivity index (χ0v) is 16.4. The topological polar surface area (TPSA) is 88.8 Å². The number of aromatic nitrogens is 3. The number of hydrogen-bond acceptors (Lipinski definition) is 6. The molecule has 0 bridgehead atoms. The zero-order valence-electron chi connectivity index (χ0n) is 15.6. The van der Waals surface area contributed by atoms with Gasteiger partial charge in [0.05, 0.1) is 23.4 Å². The smallest absolute Gasteiger partial charge is 0.343 e. The van der Waals surface area contributed by atoms with Crippen LogP contribution in [0.1, 0.15) is 49.2 Å². The van der Waals surface area contributed by atoms with E-state index in [1.165, 1.54) is 16.8 Å². The third-order valence-corrected chi connectivity index (χ3v) is 4.76. The Morgan fingerprint density at radius 3 is 2.86 bits per heavy atom. The highest BCUT2D eigenvalue weighted by atomic mass is 35.5. The second-order valence-corrected chi connectivity index (χ2v) is 6.80. The second-order valence-electron chi connectivity index (χ2n) is 6.42. The summed E-state index contributed by atoms with van der Waals surface area (Å²) in [7, 11) is 0. The number of phenols is 1. The van der Waals surface area contributed by atoms with Crippen molar-refractivity contribution in [3.63, 3.8) is 0 Å². The third-order valence-electron chi connectivity index (χ3n) is 4.38. The van der Waals surface area contributed by atoms with Crippen LogP contribution in [0.15, 0.2) is 30.6 Å². The predicted molar refractivity (Wildman–Crippen MR) is 103 cm³/mol. The van der Waals surface area contributed by atoms with Crippen LogP contribution in [0.3, 0.4) is 0 Å². The van der Waals surface area contributed by atoms with Gasteiger partial charge in [-0.15, -0.1) is 0 Å². The molecule has 9 heteroatoms. The minimum Gasteiger partial charge on any atom is -0.508 e. The number of halogens is 2. The normalized spacial score (nSPS) is 13.3. The van der Waals surface area contributed by atoms with Crippen molar-refractivity contribution in [3.05, 3.63) is 52.6 Å². The number of anilines is 1. The number of carbonyl (C=O) groups is 1. The summed E-state index contributed by atoms with van der Waals surface area (Å²) in [5, 5.41) is 17.0. The molecule has 2 heterocycles. The van der Waals surface area contributed by atoms with Crippen molar-refractivity contribution in [2.45, 2.75) is 39.3 Å². The number of rotatable bonds is 6. The molecule has 0 amide bonds. The third kappa shape index (κ3) is 3.87. The van der Waals surface area contributed by atoms with Crippen molar-refractivity contribution in [2.24, 2.45) is 0 Å². The molecule has 0 radical (unpaired) electrons. The lowest BCUT2D eigenvalue weighted by Crippen LogP contribution is -2.14. The van der Waals surface area contributed by atoms with Crippen LogP contribution in [0.2, 0.25) is 5.02 Å². The summed E-state index contributed by atoms with van der Waals surface area (Å²) in [5.74, 6) is -0.863. The van der Waals surface area contributed by atoms with Crippen LogP contribution in [-0.2, 0) is 4.74 Å². The first-order valence-electron chi connectivity index (χ1n) is 8.80. The molecule has 1 aromatic carbocycles. The van der Waals surface area contributed by atoms with Crippen LogP contribution in [0.25, 0.3) is 5.65 Å². The minimum atomic E-state index is -0.627. The first-order chi connectivity index (χ1) is 13.3. The minimum absolute atomic E-state index is 0.130. The van der Waals surface area contributed by atoms with Crippen LogP contribution in [0, 0.1) is 5.82 Å². The van der Waals surface area contributed by atoms with Crippen molar-refractivity contribution in [1.82, 2.24) is 14.6 Å². The lowest BCUT2D eigenvalue weighted by atomic mass is 10.1. The zero-order chi connectivity index (χ0) is 20.4. The van der Waals surface area contributed by atoms with Crippen LogP contribution in [0.5, 0.6) is 5.75 Å². The summed E-state index contributed by atoms with van der Waals surface area (Å²) < 4.78 is 20.5. The molecular formula is C19H20ClFN4O3. The van der Waals surface area contributed by atoms with E-state index < -0.39 is 17.8 Å². The quantitative estimate of drug-likeness (QED) is 0.591. The van der Waals surface area contributed by atoms with Crippen molar-refractivity contribution >= 4 is 29.0 Å². The lowest BCUT2D eigenvalue weighted by Gasteiger charge is -2.18. The Balaban J connectivity index is 1.89. The van der Waals surface area contributed by atoms with E-state index in [1.54, 1.807) is 26.1 Å². The molecule has 2 N–H and O–H groups in total. The molecule has 2 aromatic heterocycles. The van der Waals surface area contributed by atoms with Gasteiger partial charge in [0.2, 0.25) is 0 Å². The fraction of sp³-hybridized carbons (Fsp3) is 0.316. The van der Waals surface area contributed by atoms with E-state index in [1.807, 2.05) is 6.92 Å². The van der Waals surface area contributed by atoms with Crippen LogP contribution < -0.4 is 5.32 Å². The predicted octanol–water partition coefficient (Wildman–Crippen LogP) is 4.36. The summed E-state index contributed by atoms with van der Waals surface area (Å²) in [6, 6.07) is 3.44. The van der Waals surface area contributed by atoms with E-state index in [0.717, 1.165) is 6.07 Å². The molecule has 0 aliphatic rings. The van der Waals surface area contributed by atoms with Crippen molar-refractivity contribution in [3.8, 4) is 5.75 Å². The molecule has 0 aliphatic carbocycles. The molecule has 3 rings (SSSR count). The van der Waals surface area contributed by atoms with Gasteiger partial charge in [-0.2, -0.15) is 5.10 Å². The van der Waals surface area contributed by atoms with Gasteiger partial charge in [0, 0.05) is 11.8 Å². The number of fused-ring (bicyclic) bond motifs is 1. The number of aromatic hydroxyl groups is 1. The highest BCUT2D eigenvalue weighted by Gasteiger charge is 2.20. The number of nitrogens with zero attached hydrogens (tertiary/aromatic N) is 3. The van der Waals surface area contributed by atoms with Crippen molar-refractivity contribution in [1.29, 1.82) is 0 Å². The summed E-state index contributed by atoms with van der Waals surface area (Å²) in [6.45, 7) is 5.43. The summed E-state index contributed by atoms with van der Waals surface area (Å²) in [5.41, 5.74) is 0.775. The van der Waals surface area contributed by atoms with Crippen molar-refractivity contribution < 1.29 is 19.0 Å². The fourth-order valence-corrected chi connectivity index (χ4v) is 3.01. The maximum Gasteiger partial charge on any atom is 0.343 e. The SMILES string of the molecule is CCC(C)OC(=O)c1cnn2ccc(NC(C)c3c(O)ccc(F)c3Cl)nc12. The first kappa shape index (κ1) is 19.9. The number of carbonyl (C=O) groups excluding carboxylic acids is 1. The monoisotopic (exact) mass is 406 g/mol. The van der Waals surface area contributed by atoms with E-state index in [-0.39, 0.29) is 28.0 Å². The standard InChI is InChI=1S/C19H20ClFN4O3/c1-4-10(2)28-19(27)12-9-22-25-8-7-15(24-18(12)25)23-11(3)16-14(26)6-5-13(21)17(16)20/h5-11,26H,4H2,1-3H3,(H,23,24). The first-order valence-corrected chi connectivity index (χ1v) is 9.18. The molecule has 0 saturated carbocycles. The van der Waals surface area contributed by atoms with E-state index in [9.17, 15) is 14.3 Å². The number of hydrogen-bond donors (Lipinski definition) is 2. The molecule has 0 spiro atoms. The van der Waals surface area contributed by atoms with Gasteiger partial charge >= 0.3 is 5.97 Å². The van der Waals surface area contributed by atoms with Gasteiger partial charge in [0.25, 0.3) is 0 Å². The average molecular weight is 407 g/mol. The fourth-order valence-electron chi connectivity index (χ4n) is 2.68. The van der Waals surface area contributed by atoms with Crippen LogP contribution in [0.4, 0.5) is 10.2 Å². The van der Waals surface area contributed by atoms with Gasteiger partial charge in [-0.25, -0.2) is 18.7 Å². The molecule has 2 unspecified atom stereocenters. The number of ether oxygens (including phenoxy) is 1. The number of nitrogens with one attached hydrogen (secondary N) is 1. The maximum atomic E-state index is 13.8. The largest absolute Gasteiger partial charge is 0.508 e. The van der Waals surface area contributed by atoms with Gasteiger partial charge in [-0.1, -0.05) is 18.5 Å². The highest BCUT2D eigenvalue weighted by Crippen LogP contribution is 2.34. The molecule has 3 aromatic rings. The Kier molecular flexibility index (Phi) is 5.69. The summed E-state index contributed by atoms with van der Waals surface area (Å²) in [6.07, 6.45) is 3.50. The van der Waals surface area contributed by atoms with Crippen LogP contribution in [-0.4, -0.2) is 31.8 Å². The van der Waals surface area contributed by atoms with Gasteiger partial charge < -0.3 is 15.2 Å². The van der Waals surface area contributed by atoms with E-state index >= 15 is 0 Å². The number of phenolic OH excluding ortho intramolecular Hbond substituents is 1. The molecule has 7 nitrogen and oxygen atoms in total. The Morgan fingerprint density at radius 1 is 1.39 bits per heavy atom. The van der Waals surface area contributed by atoms with Gasteiger partial charge in [0.1, 0.15) is 22.9 Å². The Labute approximate surface area is 166 Å². The van der Waals surface area contributed by atoms with Crippen molar-refractivity contribution in [2.75, 3.05) is 5.32 Å². The molecule has 0 aliphatic heterocycles. The maximum absolute atomic E-state index is 13.8. The molecule has 0 fully saturated rings. The second kappa shape index (κ2) is 8.02. The molecular weight excluding hydrogens is 387 g/mol. The van der Waals surface area contributed by atoms with Gasteiger partial charge in [0.15, 0.2) is 5.65 Å². The van der Waals surface area contributed by atoms with Crippen LogP contribution >= 0.6 is 11.6 Å². The Bertz CT molecular complexity index is 1020. The van der Waals surface area contributed by atoms with E-state index in [4.69, 9.17) is 16.3 Å². The van der Waals surface area contributed by atoms with Gasteiger partial charge in [-0.05, 0) is 38.5 Å².